The Bertz CT molecular complexity index is 2200. The van der Waals surface area contributed by atoms with Crippen molar-refractivity contribution in [2.45, 2.75) is 69.9 Å². The predicted octanol–water partition coefficient (Wildman–Crippen LogP) is 5.90. The third-order valence-electron chi connectivity index (χ3n) is 10.6. The van der Waals surface area contributed by atoms with E-state index in [0.29, 0.717) is 83.5 Å². The van der Waals surface area contributed by atoms with Gasteiger partial charge in [-0.1, -0.05) is 13.2 Å². The van der Waals surface area contributed by atoms with Crippen LogP contribution >= 0.6 is 0 Å². The molecule has 3 unspecified atom stereocenters. The van der Waals surface area contributed by atoms with Crippen LogP contribution in [0.4, 0.5) is 0 Å². The monoisotopic (exact) mass is 930 g/mol. The Morgan fingerprint density at radius 3 is 1.63 bits per heavy atom. The molecule has 3 aromatic carbocycles. The fraction of sp³-hybridized carbons (Fsp3) is 0.429. The number of aliphatic hydroxyl groups is 1. The van der Waals surface area contributed by atoms with E-state index in [0.717, 1.165) is 6.08 Å². The largest absolute Gasteiger partial charge is 0.494 e. The van der Waals surface area contributed by atoms with E-state index in [-0.39, 0.29) is 78.3 Å². The molecule has 1 N–H and O–H groups in total. The maximum Gasteiger partial charge on any atom is 0.343 e. The summed E-state index contributed by atoms with van der Waals surface area (Å²) in [6, 6.07) is 14.6. The predicted molar refractivity (Wildman–Crippen MR) is 234 cm³/mol. The highest BCUT2D eigenvalue weighted by molar-refractivity contribution is 5.97. The molecule has 3 fully saturated rings. The van der Waals surface area contributed by atoms with E-state index in [4.69, 9.17) is 52.1 Å². The Morgan fingerprint density at radius 2 is 1.09 bits per heavy atom. The molecule has 2 aliphatic heterocycles. The van der Waals surface area contributed by atoms with Crippen molar-refractivity contribution in [3.8, 4) is 28.7 Å². The second-order valence-electron chi connectivity index (χ2n) is 15.7. The number of hydrogen-bond acceptors (Lipinski definition) is 18. The summed E-state index contributed by atoms with van der Waals surface area (Å²) in [6.07, 6.45) is 4.59. The fourth-order valence-electron chi connectivity index (χ4n) is 6.59. The number of benzene rings is 3. The summed E-state index contributed by atoms with van der Waals surface area (Å²) in [6.45, 7) is 8.91. The molecule has 2 saturated heterocycles. The zero-order chi connectivity index (χ0) is 47.5. The highest BCUT2D eigenvalue weighted by Gasteiger charge is 2.33. The zero-order valence-electron chi connectivity index (χ0n) is 36.9. The van der Waals surface area contributed by atoms with Gasteiger partial charge in [-0.3, -0.25) is 9.59 Å². The van der Waals surface area contributed by atoms with Gasteiger partial charge in [0.25, 0.3) is 0 Å². The van der Waals surface area contributed by atoms with Crippen LogP contribution in [0.1, 0.15) is 82.4 Å². The second-order valence-corrected chi connectivity index (χ2v) is 15.7. The van der Waals surface area contributed by atoms with E-state index in [2.05, 4.69) is 13.2 Å². The number of hydrogen-bond donors (Lipinski definition) is 1. The van der Waals surface area contributed by atoms with Gasteiger partial charge in [0, 0.05) is 6.08 Å². The summed E-state index contributed by atoms with van der Waals surface area (Å²) in [5.41, 5.74) is 0.0958. The van der Waals surface area contributed by atoms with E-state index in [1.165, 1.54) is 54.6 Å². The molecule has 2 heterocycles. The smallest absolute Gasteiger partial charge is 0.343 e. The average Bonchev–Trinajstić information content (AvgIpc) is 4.30. The van der Waals surface area contributed by atoms with Gasteiger partial charge in [-0.25, -0.2) is 19.2 Å². The van der Waals surface area contributed by atoms with E-state index in [1.807, 2.05) is 0 Å². The molecule has 0 radical (unpaired) electrons. The van der Waals surface area contributed by atoms with Gasteiger partial charge >= 0.3 is 35.8 Å². The number of carbonyl (C=O) groups is 6. The van der Waals surface area contributed by atoms with Crippen molar-refractivity contribution in [2.24, 2.45) is 11.8 Å². The molecule has 0 aromatic heterocycles. The minimum absolute atomic E-state index is 0.0178. The van der Waals surface area contributed by atoms with E-state index in [1.54, 1.807) is 12.1 Å². The molecule has 18 nitrogen and oxygen atoms in total. The Hall–Kier alpha value is -6.60. The molecule has 3 aromatic rings. The van der Waals surface area contributed by atoms with Crippen molar-refractivity contribution in [1.29, 1.82) is 0 Å². The molecular weight excluding hydrogens is 877 g/mol. The molecule has 0 amide bonds. The number of unbranched alkanes of at least 4 members (excludes halogenated alkanes) is 2. The molecule has 1 saturated carbocycles. The van der Waals surface area contributed by atoms with Crippen LogP contribution in [-0.2, 0) is 42.8 Å². The van der Waals surface area contributed by atoms with Crippen LogP contribution < -0.4 is 23.7 Å². The second kappa shape index (κ2) is 25.3. The molecule has 67 heavy (non-hydrogen) atoms. The number of rotatable bonds is 27. The van der Waals surface area contributed by atoms with Gasteiger partial charge in [-0.15, -0.1) is 0 Å². The van der Waals surface area contributed by atoms with Crippen molar-refractivity contribution in [1.82, 2.24) is 0 Å². The SMILES string of the molecule is C=CC(=O)OCCCCOc1ccc(OC(=O)C2CCC(C(=O)Oc3ccc(OC(=O)c4ccc(OCCCCOC(O)C=C)cc4)c(C(=O)OCC4CO4)c3)CC2)cc1C(=O)OCC1CO1. The molecule has 18 heteroatoms. The summed E-state index contributed by atoms with van der Waals surface area (Å²) >= 11 is 0. The minimum atomic E-state index is -1.01. The van der Waals surface area contributed by atoms with Gasteiger partial charge in [0.2, 0.25) is 0 Å². The summed E-state index contributed by atoms with van der Waals surface area (Å²) < 4.78 is 59.7. The number of aliphatic hydroxyl groups excluding tert-OH is 1. The molecule has 358 valence electrons. The summed E-state index contributed by atoms with van der Waals surface area (Å²) in [5, 5.41) is 9.37. The molecular formula is C49H54O18. The highest BCUT2D eigenvalue weighted by atomic mass is 16.6. The van der Waals surface area contributed by atoms with Crippen LogP contribution in [0.2, 0.25) is 0 Å². The summed E-state index contributed by atoms with van der Waals surface area (Å²) in [5.74, 6) is -4.23. The van der Waals surface area contributed by atoms with E-state index in [9.17, 15) is 33.9 Å². The maximum atomic E-state index is 13.4. The van der Waals surface area contributed by atoms with Crippen LogP contribution in [-0.4, -0.2) is 112 Å². The number of carbonyl (C=O) groups excluding carboxylic acids is 6. The number of esters is 6. The first-order valence-electron chi connectivity index (χ1n) is 22.1. The van der Waals surface area contributed by atoms with Gasteiger partial charge in [0.15, 0.2) is 6.29 Å². The lowest BCUT2D eigenvalue weighted by Crippen LogP contribution is -2.30. The third-order valence-corrected chi connectivity index (χ3v) is 10.6. The normalized spacial score (nSPS) is 18.5. The number of epoxide rings is 2. The molecule has 0 spiro atoms. The average molecular weight is 931 g/mol. The van der Waals surface area contributed by atoms with Crippen LogP contribution in [0.3, 0.4) is 0 Å². The minimum Gasteiger partial charge on any atom is -0.494 e. The third kappa shape index (κ3) is 16.4. The zero-order valence-corrected chi connectivity index (χ0v) is 36.9. The van der Waals surface area contributed by atoms with E-state index < -0.39 is 53.9 Å². The first kappa shape index (κ1) is 49.8. The first-order chi connectivity index (χ1) is 32.5. The van der Waals surface area contributed by atoms with E-state index >= 15 is 0 Å². The molecule has 3 atom stereocenters. The summed E-state index contributed by atoms with van der Waals surface area (Å²) in [7, 11) is 0. The maximum absolute atomic E-state index is 13.4. The molecule has 0 bridgehead atoms. The Balaban J connectivity index is 0.998. The first-order valence-corrected chi connectivity index (χ1v) is 22.1. The van der Waals surface area contributed by atoms with Crippen LogP contribution in [0.15, 0.2) is 86.0 Å². The molecule has 6 rings (SSSR count). The lowest BCUT2D eigenvalue weighted by molar-refractivity contribution is -0.145. The Morgan fingerprint density at radius 1 is 0.597 bits per heavy atom. The lowest BCUT2D eigenvalue weighted by Gasteiger charge is -2.26. The quantitative estimate of drug-likeness (QED) is 0.0137. The van der Waals surface area contributed by atoms with Crippen molar-refractivity contribution in [3.63, 3.8) is 0 Å². The van der Waals surface area contributed by atoms with Crippen molar-refractivity contribution >= 4 is 35.8 Å². The van der Waals surface area contributed by atoms with Crippen molar-refractivity contribution < 1.29 is 86.0 Å². The summed E-state index contributed by atoms with van der Waals surface area (Å²) in [4.78, 5) is 77.4. The van der Waals surface area contributed by atoms with Gasteiger partial charge < -0.3 is 57.2 Å². The lowest BCUT2D eigenvalue weighted by atomic mass is 9.82. The van der Waals surface area contributed by atoms with Crippen molar-refractivity contribution in [3.05, 3.63) is 103 Å². The van der Waals surface area contributed by atoms with Crippen LogP contribution in [0, 0.1) is 11.8 Å². The van der Waals surface area contributed by atoms with Crippen LogP contribution in [0.5, 0.6) is 28.7 Å². The number of ether oxygens (including phenoxy) is 11. The van der Waals surface area contributed by atoms with Crippen molar-refractivity contribution in [2.75, 3.05) is 52.9 Å². The fourth-order valence-corrected chi connectivity index (χ4v) is 6.59. The molecule has 3 aliphatic rings. The van der Waals surface area contributed by atoms with Gasteiger partial charge in [0.1, 0.15) is 65.3 Å². The molecule has 1 aliphatic carbocycles. The Kier molecular flexibility index (Phi) is 18.9. The topological polar surface area (TPSA) is 231 Å². The van der Waals surface area contributed by atoms with Gasteiger partial charge in [-0.2, -0.15) is 0 Å². The highest BCUT2D eigenvalue weighted by Crippen LogP contribution is 2.34. The van der Waals surface area contributed by atoms with Crippen LogP contribution in [0.25, 0.3) is 0 Å². The van der Waals surface area contributed by atoms with Gasteiger partial charge in [0.05, 0.1) is 57.0 Å². The van der Waals surface area contributed by atoms with Gasteiger partial charge in [-0.05, 0) is 118 Å². The standard InChI is InChI=1S/C49H54O18/c1-3-43(50)59-23-7-5-21-57-34-15-13-33(14-16-34)47(54)67-42-20-18-36(26-40(42)49(56)64-30-38-28-62-38)66-46(53)32-11-9-31(10-12-32)45(52)65-35-17-19-41(58-22-6-8-24-60-44(51)4-2)39(25-35)48(55)63-29-37-27-61-37/h3-4,13-20,25-26,31-32,37-38,43,50H,1-2,5-12,21-24,27-30H2. The Labute approximate surface area is 386 Å².